The average Bonchev–Trinajstić information content (AvgIpc) is 2.80. The summed E-state index contributed by atoms with van der Waals surface area (Å²) in [6, 6.07) is 10.1. The van der Waals surface area contributed by atoms with Crippen LogP contribution in [0, 0.1) is 24.2 Å². The molecule has 1 amide bonds. The minimum atomic E-state index is -0.872. The monoisotopic (exact) mass is 497 g/mol. The van der Waals surface area contributed by atoms with Crippen molar-refractivity contribution < 1.29 is 14.3 Å². The Labute approximate surface area is 211 Å². The van der Waals surface area contributed by atoms with Crippen molar-refractivity contribution in [3.05, 3.63) is 75.5 Å². The molecule has 0 saturated heterocycles. The van der Waals surface area contributed by atoms with Crippen LogP contribution < -0.4 is 14.8 Å². The highest BCUT2D eigenvalue weighted by atomic mass is 35.5. The fourth-order valence-corrected chi connectivity index (χ4v) is 4.12. The van der Waals surface area contributed by atoms with E-state index in [1.54, 1.807) is 50.2 Å². The normalized spacial score (nSPS) is 17.8. The van der Waals surface area contributed by atoms with E-state index in [1.165, 1.54) is 5.57 Å². The van der Waals surface area contributed by atoms with Crippen molar-refractivity contribution >= 4 is 34.8 Å². The molecular formula is C28H29Cl2NO3. The maximum atomic E-state index is 13.0. The molecule has 34 heavy (non-hydrogen) atoms. The van der Waals surface area contributed by atoms with Gasteiger partial charge in [0, 0.05) is 6.07 Å². The van der Waals surface area contributed by atoms with Gasteiger partial charge in [-0.1, -0.05) is 62.0 Å². The molecule has 0 aliphatic heterocycles. The first kappa shape index (κ1) is 25.7. The molecule has 1 N–H and O–H groups in total. The Kier molecular flexibility index (Phi) is 8.02. The number of ether oxygens (including phenoxy) is 2. The summed E-state index contributed by atoms with van der Waals surface area (Å²) in [6.45, 7) is 10.0. The Morgan fingerprint density at radius 2 is 1.94 bits per heavy atom. The van der Waals surface area contributed by atoms with Crippen LogP contribution in [0.15, 0.2) is 59.9 Å². The lowest BCUT2D eigenvalue weighted by molar-refractivity contribution is 0.102. The molecule has 0 saturated carbocycles. The van der Waals surface area contributed by atoms with E-state index in [9.17, 15) is 4.79 Å². The number of terminal acetylenes is 1. The second-order valence-corrected chi connectivity index (χ2v) is 9.61. The Morgan fingerprint density at radius 1 is 1.21 bits per heavy atom. The number of nitrogens with one attached hydrogen (secondary N) is 1. The van der Waals surface area contributed by atoms with Gasteiger partial charge < -0.3 is 14.8 Å². The Hall–Kier alpha value is -2.87. The average molecular weight is 498 g/mol. The molecule has 2 atom stereocenters. The summed E-state index contributed by atoms with van der Waals surface area (Å²) < 4.78 is 12.0. The quantitative estimate of drug-likeness (QED) is 0.395. The van der Waals surface area contributed by atoms with Gasteiger partial charge in [-0.25, -0.2) is 0 Å². The molecule has 0 aromatic heterocycles. The highest BCUT2D eigenvalue weighted by molar-refractivity contribution is 6.36. The summed E-state index contributed by atoms with van der Waals surface area (Å²) >= 11 is 12.8. The zero-order chi connectivity index (χ0) is 25.0. The van der Waals surface area contributed by atoms with Gasteiger partial charge in [0.2, 0.25) is 0 Å². The summed E-state index contributed by atoms with van der Waals surface area (Å²) in [6.07, 6.45) is 10.6. The molecule has 2 aromatic carbocycles. The van der Waals surface area contributed by atoms with Crippen LogP contribution in [0.2, 0.25) is 10.0 Å². The van der Waals surface area contributed by atoms with E-state index in [-0.39, 0.29) is 10.6 Å². The molecule has 3 rings (SSSR count). The Bertz CT molecular complexity index is 1190. The van der Waals surface area contributed by atoms with Crippen molar-refractivity contribution in [2.75, 3.05) is 5.32 Å². The van der Waals surface area contributed by atoms with Crippen molar-refractivity contribution in [3.8, 4) is 23.8 Å². The molecule has 2 unspecified atom stereocenters. The van der Waals surface area contributed by atoms with Crippen molar-refractivity contribution in [3.63, 3.8) is 0 Å². The molecule has 178 valence electrons. The standard InChI is InChI=1S/C28H29Cl2NO3/c1-7-20-18(4)17(3)12-15-24(20)33-19-13-14-22(29)23(16-19)31-27(32)21-10-9-11-25(26(21)30)34-28(5,6)8-2/h2,9-18H,7H2,1,3-6H3,(H,31,32). The largest absolute Gasteiger partial charge is 0.474 e. The summed E-state index contributed by atoms with van der Waals surface area (Å²) in [5, 5.41) is 3.37. The third-order valence-electron chi connectivity index (χ3n) is 5.92. The third-order valence-corrected chi connectivity index (χ3v) is 6.64. The molecule has 0 heterocycles. The smallest absolute Gasteiger partial charge is 0.257 e. The van der Waals surface area contributed by atoms with Crippen molar-refractivity contribution in [2.24, 2.45) is 11.8 Å². The van der Waals surface area contributed by atoms with Gasteiger partial charge in [-0.3, -0.25) is 4.79 Å². The number of allylic oxidation sites excluding steroid dienone is 3. The number of rotatable bonds is 7. The van der Waals surface area contributed by atoms with Crippen LogP contribution in [0.4, 0.5) is 5.69 Å². The highest BCUT2D eigenvalue weighted by Crippen LogP contribution is 2.36. The molecule has 1 aliphatic rings. The first-order chi connectivity index (χ1) is 16.1. The maximum Gasteiger partial charge on any atom is 0.257 e. The van der Waals surface area contributed by atoms with Crippen molar-refractivity contribution in [2.45, 2.75) is 46.6 Å². The van der Waals surface area contributed by atoms with Crippen LogP contribution in [0.5, 0.6) is 11.5 Å². The number of carbonyl (C=O) groups excluding carboxylic acids is 1. The van der Waals surface area contributed by atoms with E-state index in [1.807, 2.05) is 6.08 Å². The first-order valence-electron chi connectivity index (χ1n) is 11.2. The van der Waals surface area contributed by atoms with Crippen LogP contribution >= 0.6 is 23.2 Å². The van der Waals surface area contributed by atoms with Gasteiger partial charge in [-0.05, 0) is 68.0 Å². The van der Waals surface area contributed by atoms with Crippen LogP contribution in [0.3, 0.4) is 0 Å². The van der Waals surface area contributed by atoms with Crippen LogP contribution in [-0.4, -0.2) is 11.5 Å². The van der Waals surface area contributed by atoms with Gasteiger partial charge in [0.15, 0.2) is 5.60 Å². The first-order valence-corrected chi connectivity index (χ1v) is 12.0. The summed E-state index contributed by atoms with van der Waals surface area (Å²) in [5.74, 6) is 4.70. The van der Waals surface area contributed by atoms with Gasteiger partial charge in [0.25, 0.3) is 5.91 Å². The molecule has 0 fully saturated rings. The number of carbonyl (C=O) groups is 1. The Balaban J connectivity index is 1.84. The number of hydrogen-bond donors (Lipinski definition) is 1. The lowest BCUT2D eigenvalue weighted by Gasteiger charge is -2.26. The third kappa shape index (κ3) is 5.78. The van der Waals surface area contributed by atoms with Gasteiger partial charge >= 0.3 is 0 Å². The van der Waals surface area contributed by atoms with E-state index < -0.39 is 11.5 Å². The van der Waals surface area contributed by atoms with E-state index >= 15 is 0 Å². The number of halogens is 2. The molecule has 1 aliphatic carbocycles. The highest BCUT2D eigenvalue weighted by Gasteiger charge is 2.23. The molecular weight excluding hydrogens is 469 g/mol. The van der Waals surface area contributed by atoms with Crippen molar-refractivity contribution in [1.82, 2.24) is 0 Å². The van der Waals surface area contributed by atoms with Gasteiger partial charge in [-0.2, -0.15) is 0 Å². The zero-order valence-corrected chi connectivity index (χ0v) is 21.6. The molecule has 0 radical (unpaired) electrons. The minimum absolute atomic E-state index is 0.167. The minimum Gasteiger partial charge on any atom is -0.474 e. The van der Waals surface area contributed by atoms with Gasteiger partial charge in [0.05, 0.1) is 21.3 Å². The van der Waals surface area contributed by atoms with E-state index in [0.717, 1.165) is 12.2 Å². The lowest BCUT2D eigenvalue weighted by atomic mass is 9.83. The summed E-state index contributed by atoms with van der Waals surface area (Å²) in [7, 11) is 0. The number of hydrogen-bond acceptors (Lipinski definition) is 3. The van der Waals surface area contributed by atoms with Gasteiger partial charge in [-0.15, -0.1) is 6.42 Å². The number of amides is 1. The molecule has 0 spiro atoms. The van der Waals surface area contributed by atoms with E-state index in [0.29, 0.717) is 34.0 Å². The predicted molar refractivity (Wildman–Crippen MR) is 140 cm³/mol. The lowest BCUT2D eigenvalue weighted by Crippen LogP contribution is -2.26. The second kappa shape index (κ2) is 10.6. The van der Waals surface area contributed by atoms with Crippen LogP contribution in [-0.2, 0) is 0 Å². The zero-order valence-electron chi connectivity index (χ0n) is 20.0. The van der Waals surface area contributed by atoms with Gasteiger partial charge in [0.1, 0.15) is 17.3 Å². The van der Waals surface area contributed by atoms with Crippen LogP contribution in [0.1, 0.15) is 51.4 Å². The fraction of sp³-hybridized carbons (Fsp3) is 0.321. The Morgan fingerprint density at radius 3 is 2.62 bits per heavy atom. The number of benzene rings is 2. The molecule has 2 aromatic rings. The second-order valence-electron chi connectivity index (χ2n) is 8.82. The summed E-state index contributed by atoms with van der Waals surface area (Å²) in [4.78, 5) is 13.0. The fourth-order valence-electron chi connectivity index (χ4n) is 3.70. The molecule has 0 bridgehead atoms. The van der Waals surface area contributed by atoms with E-state index in [2.05, 4.69) is 38.1 Å². The van der Waals surface area contributed by atoms with Crippen molar-refractivity contribution in [1.29, 1.82) is 0 Å². The number of anilines is 1. The molecule has 4 nitrogen and oxygen atoms in total. The summed E-state index contributed by atoms with van der Waals surface area (Å²) in [5.41, 5.74) is 1.04. The maximum absolute atomic E-state index is 13.0. The van der Waals surface area contributed by atoms with E-state index in [4.69, 9.17) is 39.1 Å². The topological polar surface area (TPSA) is 47.6 Å². The van der Waals surface area contributed by atoms with Crippen LogP contribution in [0.25, 0.3) is 0 Å². The predicted octanol–water partition coefficient (Wildman–Crippen LogP) is 7.92. The molecule has 6 heteroatoms. The SMILES string of the molecule is C#CC(C)(C)Oc1cccc(C(=O)Nc2cc(OC3=C(CC)C(C)C(C)C=C3)ccc2Cl)c1Cl.